The van der Waals surface area contributed by atoms with Gasteiger partial charge < -0.3 is 19.3 Å². The minimum Gasteiger partial charge on any atom is -0.481 e. The lowest BCUT2D eigenvalue weighted by Crippen LogP contribution is -2.49. The van der Waals surface area contributed by atoms with Gasteiger partial charge in [-0.05, 0) is 18.8 Å². The fourth-order valence-corrected chi connectivity index (χ4v) is 4.67. The predicted octanol–water partition coefficient (Wildman–Crippen LogP) is 0.546. The molecule has 2 unspecified atom stereocenters. The number of carboxylic acid groups (broad SMARTS) is 1. The summed E-state index contributed by atoms with van der Waals surface area (Å²) in [7, 11) is 0. The summed E-state index contributed by atoms with van der Waals surface area (Å²) >= 11 is 0. The number of carbonyl (C=O) groups is 2. The molecule has 2 heterocycles. The molecule has 2 saturated carbocycles. The Kier molecular flexibility index (Phi) is 2.14. The topological polar surface area (TPSA) is 82.1 Å². The first-order chi connectivity index (χ1) is 9.08. The molecule has 19 heavy (non-hydrogen) atoms. The van der Waals surface area contributed by atoms with Crippen molar-refractivity contribution >= 4 is 11.9 Å². The molecule has 6 heteroatoms. The van der Waals surface area contributed by atoms with Gasteiger partial charge in [0.15, 0.2) is 5.79 Å². The largest absolute Gasteiger partial charge is 0.481 e. The van der Waals surface area contributed by atoms with Gasteiger partial charge in [-0.2, -0.15) is 0 Å². The molecule has 6 nitrogen and oxygen atoms in total. The summed E-state index contributed by atoms with van der Waals surface area (Å²) in [5.41, 5.74) is -0.931. The molecule has 2 spiro atoms. The van der Waals surface area contributed by atoms with Crippen molar-refractivity contribution in [2.45, 2.75) is 37.6 Å². The second kappa shape index (κ2) is 3.49. The van der Waals surface area contributed by atoms with E-state index in [-0.39, 0.29) is 18.0 Å². The van der Waals surface area contributed by atoms with E-state index in [4.69, 9.17) is 14.2 Å². The van der Waals surface area contributed by atoms with Crippen molar-refractivity contribution in [1.29, 1.82) is 0 Å². The van der Waals surface area contributed by atoms with Gasteiger partial charge in [-0.3, -0.25) is 9.59 Å². The lowest BCUT2D eigenvalue weighted by Gasteiger charge is -2.34. The van der Waals surface area contributed by atoms with E-state index in [1.54, 1.807) is 0 Å². The van der Waals surface area contributed by atoms with E-state index >= 15 is 0 Å². The minimum absolute atomic E-state index is 0.00190. The van der Waals surface area contributed by atoms with Crippen LogP contribution < -0.4 is 0 Å². The highest BCUT2D eigenvalue weighted by Gasteiger charge is 2.75. The fourth-order valence-electron chi connectivity index (χ4n) is 4.67. The molecule has 2 saturated heterocycles. The van der Waals surface area contributed by atoms with Crippen molar-refractivity contribution in [3.63, 3.8) is 0 Å². The van der Waals surface area contributed by atoms with Crippen LogP contribution in [0.4, 0.5) is 0 Å². The lowest BCUT2D eigenvalue weighted by molar-refractivity contribution is -0.207. The molecule has 4 rings (SSSR count). The number of esters is 1. The predicted molar refractivity (Wildman–Crippen MR) is 60.0 cm³/mol. The third kappa shape index (κ3) is 1.24. The highest BCUT2D eigenvalue weighted by Crippen LogP contribution is 2.65. The Balaban J connectivity index is 1.85. The molecule has 0 aromatic rings. The summed E-state index contributed by atoms with van der Waals surface area (Å²) in [4.78, 5) is 24.1. The van der Waals surface area contributed by atoms with Gasteiger partial charge in [0, 0.05) is 12.8 Å². The highest BCUT2D eigenvalue weighted by atomic mass is 16.7. The van der Waals surface area contributed by atoms with Gasteiger partial charge in [-0.15, -0.1) is 0 Å². The van der Waals surface area contributed by atoms with Crippen LogP contribution in [0, 0.1) is 17.3 Å². The van der Waals surface area contributed by atoms with Crippen LogP contribution in [-0.4, -0.2) is 42.1 Å². The maximum absolute atomic E-state index is 12.3. The molecule has 4 fully saturated rings. The number of hydrogen-bond acceptors (Lipinski definition) is 5. The molecular weight excluding hydrogens is 252 g/mol. The summed E-state index contributed by atoms with van der Waals surface area (Å²) < 4.78 is 16.7. The number of ether oxygens (including phenoxy) is 3. The first kappa shape index (κ1) is 11.7. The van der Waals surface area contributed by atoms with E-state index in [1.807, 2.05) is 0 Å². The highest BCUT2D eigenvalue weighted by molar-refractivity contribution is 5.88. The zero-order valence-corrected chi connectivity index (χ0v) is 10.5. The summed E-state index contributed by atoms with van der Waals surface area (Å²) in [5, 5.41) is 9.64. The van der Waals surface area contributed by atoms with Gasteiger partial charge in [-0.1, -0.05) is 0 Å². The van der Waals surface area contributed by atoms with Crippen LogP contribution in [0.1, 0.15) is 25.7 Å². The van der Waals surface area contributed by atoms with Gasteiger partial charge in [0.2, 0.25) is 0 Å². The van der Waals surface area contributed by atoms with E-state index in [0.29, 0.717) is 26.1 Å². The van der Waals surface area contributed by atoms with E-state index in [9.17, 15) is 14.7 Å². The van der Waals surface area contributed by atoms with Gasteiger partial charge >= 0.3 is 11.9 Å². The lowest BCUT2D eigenvalue weighted by atomic mass is 9.65. The number of carbonyl (C=O) groups excluding carboxylic acids is 1. The quantitative estimate of drug-likeness (QED) is 0.699. The smallest absolute Gasteiger partial charge is 0.313 e. The standard InChI is InChI=1S/C13H16O6/c14-10(15)9-12-6-8(19-11(12)16)2-1-7(12)5-13(9)17-3-4-18-13/h7-9H,1-6H2,(H,14,15)/t7?,8-,9?,12-/m1/s1. The van der Waals surface area contributed by atoms with Gasteiger partial charge in [0.05, 0.1) is 18.6 Å². The van der Waals surface area contributed by atoms with Gasteiger partial charge in [-0.25, -0.2) is 0 Å². The molecule has 104 valence electrons. The third-order valence-electron chi connectivity index (χ3n) is 5.29. The molecule has 0 aromatic carbocycles. The molecule has 2 aliphatic heterocycles. The maximum Gasteiger partial charge on any atom is 0.313 e. The van der Waals surface area contributed by atoms with Crippen molar-refractivity contribution in [2.24, 2.45) is 17.3 Å². The summed E-state index contributed by atoms with van der Waals surface area (Å²) in [6, 6.07) is 0. The number of carboxylic acids is 1. The Morgan fingerprint density at radius 1 is 1.21 bits per heavy atom. The Morgan fingerprint density at radius 2 is 1.95 bits per heavy atom. The van der Waals surface area contributed by atoms with E-state index in [2.05, 4.69) is 0 Å². The van der Waals surface area contributed by atoms with Crippen LogP contribution in [0.3, 0.4) is 0 Å². The van der Waals surface area contributed by atoms with Crippen LogP contribution in [0.25, 0.3) is 0 Å². The zero-order chi connectivity index (χ0) is 13.3. The minimum atomic E-state index is -1.12. The second-order valence-corrected chi connectivity index (χ2v) is 6.03. The molecule has 2 aliphatic carbocycles. The average molecular weight is 268 g/mol. The van der Waals surface area contributed by atoms with Crippen molar-refractivity contribution in [1.82, 2.24) is 0 Å². The Morgan fingerprint density at radius 3 is 2.63 bits per heavy atom. The number of aliphatic carboxylic acids is 1. The van der Waals surface area contributed by atoms with Gasteiger partial charge in [0.1, 0.15) is 12.0 Å². The monoisotopic (exact) mass is 268 g/mol. The molecule has 4 atom stereocenters. The van der Waals surface area contributed by atoms with E-state index < -0.39 is 23.1 Å². The molecule has 4 aliphatic rings. The number of fused-ring (bicyclic) bond motifs is 1. The molecule has 0 amide bonds. The van der Waals surface area contributed by atoms with Crippen LogP contribution in [0.5, 0.6) is 0 Å². The summed E-state index contributed by atoms with van der Waals surface area (Å²) in [6.07, 6.45) is 2.50. The molecular formula is C13H16O6. The van der Waals surface area contributed by atoms with E-state index in [0.717, 1.165) is 12.8 Å². The number of rotatable bonds is 1. The van der Waals surface area contributed by atoms with E-state index in [1.165, 1.54) is 0 Å². The van der Waals surface area contributed by atoms with Gasteiger partial charge in [0.25, 0.3) is 0 Å². The zero-order valence-electron chi connectivity index (χ0n) is 10.5. The van der Waals surface area contributed by atoms with Crippen LogP contribution in [-0.2, 0) is 23.8 Å². The molecule has 0 aromatic heterocycles. The average Bonchev–Trinajstić information content (AvgIpc) is 2.98. The second-order valence-electron chi connectivity index (χ2n) is 6.03. The summed E-state index contributed by atoms with van der Waals surface area (Å²) in [6.45, 7) is 0.788. The van der Waals surface area contributed by atoms with Crippen LogP contribution in [0.15, 0.2) is 0 Å². The van der Waals surface area contributed by atoms with Crippen LogP contribution >= 0.6 is 0 Å². The summed E-state index contributed by atoms with van der Waals surface area (Å²) in [5.74, 6) is -3.43. The van der Waals surface area contributed by atoms with Crippen LogP contribution in [0.2, 0.25) is 0 Å². The first-order valence-electron chi connectivity index (χ1n) is 6.80. The Labute approximate surface area is 110 Å². The molecule has 2 bridgehead atoms. The Hall–Kier alpha value is -1.14. The number of hydrogen-bond donors (Lipinski definition) is 1. The molecule has 1 N–H and O–H groups in total. The van der Waals surface area contributed by atoms with Crippen molar-refractivity contribution in [3.05, 3.63) is 0 Å². The first-order valence-corrected chi connectivity index (χ1v) is 6.80. The van der Waals surface area contributed by atoms with Crippen molar-refractivity contribution in [2.75, 3.05) is 13.2 Å². The fraction of sp³-hybridized carbons (Fsp3) is 0.846. The van der Waals surface area contributed by atoms with Crippen molar-refractivity contribution in [3.8, 4) is 0 Å². The normalized spacial score (nSPS) is 46.3. The molecule has 0 radical (unpaired) electrons. The van der Waals surface area contributed by atoms with Crippen molar-refractivity contribution < 1.29 is 28.9 Å². The Bertz CT molecular complexity index is 454. The maximum atomic E-state index is 12.3. The SMILES string of the molecule is O=C(O)C1C2(CC3CC[C@@H]4C[C@@]31C(=O)O4)OCCO2. The third-order valence-corrected chi connectivity index (χ3v) is 5.29.